The van der Waals surface area contributed by atoms with Gasteiger partial charge in [-0.2, -0.15) is 0 Å². The summed E-state index contributed by atoms with van der Waals surface area (Å²) < 4.78 is 12.3. The molecule has 0 spiro atoms. The zero-order valence-electron chi connectivity index (χ0n) is 12.3. The summed E-state index contributed by atoms with van der Waals surface area (Å²) in [7, 11) is 0. The molecule has 112 valence electrons. The Bertz CT molecular complexity index is 601. The van der Waals surface area contributed by atoms with Gasteiger partial charge in [0.1, 0.15) is 11.5 Å². The third kappa shape index (κ3) is 3.77. The lowest BCUT2D eigenvalue weighted by Crippen LogP contribution is -2.15. The van der Waals surface area contributed by atoms with Crippen LogP contribution in [0.4, 0.5) is 0 Å². The highest BCUT2D eigenvalue weighted by Crippen LogP contribution is 2.34. The molecule has 2 aromatic rings. The summed E-state index contributed by atoms with van der Waals surface area (Å²) in [5, 5.41) is 0. The van der Waals surface area contributed by atoms with Crippen LogP contribution in [0.5, 0.6) is 11.5 Å². The molecule has 0 aromatic heterocycles. The number of rotatable bonds is 6. The Labute approximate surface area is 134 Å². The number of nitrogens with two attached hydrogens (primary N) is 1. The quantitative estimate of drug-likeness (QED) is 0.845. The number of hydrogen-bond acceptors (Lipinski definition) is 3. The molecule has 0 aliphatic heterocycles. The van der Waals surface area contributed by atoms with Gasteiger partial charge in [0, 0.05) is 15.6 Å². The molecule has 21 heavy (non-hydrogen) atoms. The third-order valence-electron chi connectivity index (χ3n) is 3.16. The van der Waals surface area contributed by atoms with Gasteiger partial charge < -0.3 is 15.2 Å². The molecule has 2 N–H and O–H groups in total. The topological polar surface area (TPSA) is 44.5 Å². The van der Waals surface area contributed by atoms with Crippen LogP contribution in [-0.4, -0.2) is 13.2 Å². The maximum atomic E-state index is 6.47. The van der Waals surface area contributed by atoms with Crippen LogP contribution in [0, 0.1) is 0 Å². The molecule has 4 heteroatoms. The summed E-state index contributed by atoms with van der Waals surface area (Å²) in [5.41, 5.74) is 8.37. The fraction of sp³-hybridized carbons (Fsp3) is 0.294. The molecule has 2 rings (SSSR count). The Kier molecular flexibility index (Phi) is 5.65. The zero-order chi connectivity index (χ0) is 15.2. The predicted octanol–water partition coefficient (Wildman–Crippen LogP) is 4.29. The van der Waals surface area contributed by atoms with Crippen LogP contribution < -0.4 is 15.2 Å². The van der Waals surface area contributed by atoms with E-state index in [-0.39, 0.29) is 6.04 Å². The summed E-state index contributed by atoms with van der Waals surface area (Å²) in [4.78, 5) is 0. The molecule has 0 amide bonds. The summed E-state index contributed by atoms with van der Waals surface area (Å²) >= 11 is 3.50. The normalized spacial score (nSPS) is 12.0. The van der Waals surface area contributed by atoms with E-state index in [4.69, 9.17) is 15.2 Å². The molecule has 0 radical (unpaired) electrons. The average molecular weight is 350 g/mol. The minimum Gasteiger partial charge on any atom is -0.494 e. The maximum absolute atomic E-state index is 6.47. The Morgan fingerprint density at radius 1 is 0.952 bits per heavy atom. The first-order valence-electron chi connectivity index (χ1n) is 7.06. The second-order valence-corrected chi connectivity index (χ2v) is 5.48. The fourth-order valence-electron chi connectivity index (χ4n) is 2.24. The SMILES string of the molecule is CCOc1ccccc1C(N)c1cc(Br)ccc1OCC. The van der Waals surface area contributed by atoms with Gasteiger partial charge >= 0.3 is 0 Å². The monoisotopic (exact) mass is 349 g/mol. The van der Waals surface area contributed by atoms with Gasteiger partial charge in [0.05, 0.1) is 19.3 Å². The van der Waals surface area contributed by atoms with Crippen LogP contribution >= 0.6 is 15.9 Å². The van der Waals surface area contributed by atoms with Gasteiger partial charge in [-0.1, -0.05) is 34.1 Å². The fourth-order valence-corrected chi connectivity index (χ4v) is 2.62. The standard InChI is InChI=1S/C17H20BrNO2/c1-3-20-15-8-6-5-7-13(15)17(19)14-11-12(18)9-10-16(14)21-4-2/h5-11,17H,3-4,19H2,1-2H3. The highest BCUT2D eigenvalue weighted by Gasteiger charge is 2.18. The van der Waals surface area contributed by atoms with Gasteiger partial charge in [-0.15, -0.1) is 0 Å². The third-order valence-corrected chi connectivity index (χ3v) is 3.65. The molecule has 0 saturated carbocycles. The van der Waals surface area contributed by atoms with E-state index in [1.165, 1.54) is 0 Å². The summed E-state index contributed by atoms with van der Waals surface area (Å²) in [5.74, 6) is 1.62. The van der Waals surface area contributed by atoms with Crippen molar-refractivity contribution in [2.45, 2.75) is 19.9 Å². The Morgan fingerprint density at radius 2 is 1.57 bits per heavy atom. The largest absolute Gasteiger partial charge is 0.494 e. The molecule has 3 nitrogen and oxygen atoms in total. The van der Waals surface area contributed by atoms with Gasteiger partial charge in [-0.05, 0) is 38.1 Å². The van der Waals surface area contributed by atoms with Crippen molar-refractivity contribution < 1.29 is 9.47 Å². The average Bonchev–Trinajstić information content (AvgIpc) is 2.49. The predicted molar refractivity (Wildman–Crippen MR) is 89.0 cm³/mol. The molecule has 0 bridgehead atoms. The minimum absolute atomic E-state index is 0.299. The lowest BCUT2D eigenvalue weighted by atomic mass is 9.98. The Morgan fingerprint density at radius 3 is 2.24 bits per heavy atom. The zero-order valence-corrected chi connectivity index (χ0v) is 13.9. The molecule has 1 atom stereocenters. The van der Waals surface area contributed by atoms with Gasteiger partial charge in [0.2, 0.25) is 0 Å². The van der Waals surface area contributed by atoms with Crippen molar-refractivity contribution in [2.24, 2.45) is 5.73 Å². The van der Waals surface area contributed by atoms with E-state index >= 15 is 0 Å². The van der Waals surface area contributed by atoms with Crippen molar-refractivity contribution in [2.75, 3.05) is 13.2 Å². The van der Waals surface area contributed by atoms with Crippen molar-refractivity contribution in [1.82, 2.24) is 0 Å². The highest BCUT2D eigenvalue weighted by molar-refractivity contribution is 9.10. The number of para-hydroxylation sites is 1. The molecular formula is C17H20BrNO2. The molecule has 1 unspecified atom stereocenters. The summed E-state index contributed by atoms with van der Waals surface area (Å²) in [6.45, 7) is 5.15. The highest BCUT2D eigenvalue weighted by atomic mass is 79.9. The van der Waals surface area contributed by atoms with E-state index in [0.717, 1.165) is 27.1 Å². The van der Waals surface area contributed by atoms with Gasteiger partial charge in [-0.3, -0.25) is 0 Å². The smallest absolute Gasteiger partial charge is 0.124 e. The molecule has 0 aliphatic rings. The van der Waals surface area contributed by atoms with E-state index in [9.17, 15) is 0 Å². The van der Waals surface area contributed by atoms with E-state index < -0.39 is 0 Å². The second kappa shape index (κ2) is 7.48. The van der Waals surface area contributed by atoms with Crippen LogP contribution in [-0.2, 0) is 0 Å². The van der Waals surface area contributed by atoms with Crippen LogP contribution in [0.3, 0.4) is 0 Å². The Hall–Kier alpha value is -1.52. The van der Waals surface area contributed by atoms with Crippen molar-refractivity contribution in [3.63, 3.8) is 0 Å². The summed E-state index contributed by atoms with van der Waals surface area (Å²) in [6.07, 6.45) is 0. The van der Waals surface area contributed by atoms with E-state index in [1.807, 2.05) is 56.3 Å². The number of ether oxygens (including phenoxy) is 2. The molecular weight excluding hydrogens is 330 g/mol. The Balaban J connectivity index is 2.44. The minimum atomic E-state index is -0.299. The number of hydrogen-bond donors (Lipinski definition) is 1. The molecule has 2 aromatic carbocycles. The van der Waals surface area contributed by atoms with Crippen LogP contribution in [0.15, 0.2) is 46.9 Å². The second-order valence-electron chi connectivity index (χ2n) is 4.56. The molecule has 0 saturated heterocycles. The summed E-state index contributed by atoms with van der Waals surface area (Å²) in [6, 6.07) is 13.4. The first kappa shape index (κ1) is 15.9. The van der Waals surface area contributed by atoms with E-state index in [1.54, 1.807) is 0 Å². The molecule has 0 fully saturated rings. The van der Waals surface area contributed by atoms with Crippen molar-refractivity contribution in [3.8, 4) is 11.5 Å². The van der Waals surface area contributed by atoms with Crippen LogP contribution in [0.1, 0.15) is 31.0 Å². The molecule has 0 aliphatic carbocycles. The maximum Gasteiger partial charge on any atom is 0.124 e. The van der Waals surface area contributed by atoms with Crippen LogP contribution in [0.25, 0.3) is 0 Å². The van der Waals surface area contributed by atoms with Gasteiger partial charge in [0.25, 0.3) is 0 Å². The first-order valence-corrected chi connectivity index (χ1v) is 7.86. The lowest BCUT2D eigenvalue weighted by molar-refractivity contribution is 0.330. The van der Waals surface area contributed by atoms with E-state index in [2.05, 4.69) is 15.9 Å². The lowest BCUT2D eigenvalue weighted by Gasteiger charge is -2.20. The van der Waals surface area contributed by atoms with Crippen molar-refractivity contribution >= 4 is 15.9 Å². The van der Waals surface area contributed by atoms with Crippen molar-refractivity contribution in [3.05, 3.63) is 58.1 Å². The van der Waals surface area contributed by atoms with Gasteiger partial charge in [0.15, 0.2) is 0 Å². The van der Waals surface area contributed by atoms with E-state index in [0.29, 0.717) is 13.2 Å². The van der Waals surface area contributed by atoms with Gasteiger partial charge in [-0.25, -0.2) is 0 Å². The van der Waals surface area contributed by atoms with Crippen LogP contribution in [0.2, 0.25) is 0 Å². The molecule has 0 heterocycles. The number of halogens is 1. The van der Waals surface area contributed by atoms with Crippen molar-refractivity contribution in [1.29, 1.82) is 0 Å². The first-order chi connectivity index (χ1) is 10.2. The number of benzene rings is 2.